The van der Waals surface area contributed by atoms with Crippen molar-refractivity contribution in [1.29, 1.82) is 0 Å². The van der Waals surface area contributed by atoms with Gasteiger partial charge in [0.25, 0.3) is 0 Å². The van der Waals surface area contributed by atoms with Crippen molar-refractivity contribution in [2.45, 2.75) is 6.04 Å². The molecule has 0 fully saturated rings. The van der Waals surface area contributed by atoms with Gasteiger partial charge in [-0.25, -0.2) is 0 Å². The topological polar surface area (TPSA) is 50.7 Å². The van der Waals surface area contributed by atoms with E-state index in [1.54, 1.807) is 19.2 Å². The number of nitrogens with one attached hydrogen (secondary N) is 1. The number of ether oxygens (including phenoxy) is 2. The maximum absolute atomic E-state index is 9.74. The first-order chi connectivity index (χ1) is 12.7. The van der Waals surface area contributed by atoms with E-state index in [-0.39, 0.29) is 12.6 Å². The molecule has 0 aliphatic heterocycles. The van der Waals surface area contributed by atoms with Gasteiger partial charge >= 0.3 is 0 Å². The fraction of sp³-hybridized carbons (Fsp3) is 0.143. The van der Waals surface area contributed by atoms with Crippen molar-refractivity contribution in [2.75, 3.05) is 19.0 Å². The summed E-state index contributed by atoms with van der Waals surface area (Å²) in [4.78, 5) is 0. The summed E-state index contributed by atoms with van der Waals surface area (Å²) in [6.07, 6.45) is 0. The van der Waals surface area contributed by atoms with E-state index in [9.17, 15) is 5.11 Å². The second-order valence-corrected chi connectivity index (χ2v) is 6.17. The quantitative estimate of drug-likeness (QED) is 0.594. The third-order valence-corrected chi connectivity index (χ3v) is 4.18. The third kappa shape index (κ3) is 4.69. The number of rotatable bonds is 7. The molecule has 1 atom stereocenters. The maximum atomic E-state index is 9.74. The molecule has 0 aliphatic rings. The molecule has 26 heavy (non-hydrogen) atoms. The Labute approximate surface area is 158 Å². The highest BCUT2D eigenvalue weighted by Crippen LogP contribution is 2.27. The Hall–Kier alpha value is -2.69. The summed E-state index contributed by atoms with van der Waals surface area (Å²) in [5.41, 5.74) is 1.84. The average Bonchev–Trinajstić information content (AvgIpc) is 2.69. The SMILES string of the molecule is COc1cccc(C(CO)Nc2ccc(Oc3ccc(Cl)cc3)cc2)c1. The number of benzene rings is 3. The number of halogens is 1. The van der Waals surface area contributed by atoms with Crippen LogP contribution in [0, 0.1) is 0 Å². The van der Waals surface area contributed by atoms with E-state index < -0.39 is 0 Å². The van der Waals surface area contributed by atoms with Gasteiger partial charge in [0, 0.05) is 10.7 Å². The number of hydrogen-bond acceptors (Lipinski definition) is 4. The van der Waals surface area contributed by atoms with E-state index in [0.29, 0.717) is 5.02 Å². The molecule has 0 saturated carbocycles. The molecule has 3 rings (SSSR count). The zero-order valence-corrected chi connectivity index (χ0v) is 15.1. The van der Waals surface area contributed by atoms with Crippen LogP contribution >= 0.6 is 11.6 Å². The molecule has 134 valence electrons. The Kier molecular flexibility index (Phi) is 6.00. The van der Waals surface area contributed by atoms with Crippen molar-refractivity contribution in [3.05, 3.63) is 83.4 Å². The Morgan fingerprint density at radius 1 is 0.923 bits per heavy atom. The van der Waals surface area contributed by atoms with Crippen molar-refractivity contribution >= 4 is 17.3 Å². The Morgan fingerprint density at radius 2 is 1.58 bits per heavy atom. The Bertz CT molecular complexity index is 835. The van der Waals surface area contributed by atoms with Crippen LogP contribution < -0.4 is 14.8 Å². The number of hydrogen-bond donors (Lipinski definition) is 2. The van der Waals surface area contributed by atoms with Gasteiger partial charge in [-0.2, -0.15) is 0 Å². The lowest BCUT2D eigenvalue weighted by atomic mass is 10.1. The molecular weight excluding hydrogens is 350 g/mol. The molecule has 0 aliphatic carbocycles. The number of aliphatic hydroxyl groups is 1. The van der Waals surface area contributed by atoms with Crippen LogP contribution in [0.1, 0.15) is 11.6 Å². The van der Waals surface area contributed by atoms with Gasteiger partial charge in [0.1, 0.15) is 17.2 Å². The van der Waals surface area contributed by atoms with Crippen LogP contribution in [-0.4, -0.2) is 18.8 Å². The molecule has 4 nitrogen and oxygen atoms in total. The zero-order chi connectivity index (χ0) is 18.4. The Morgan fingerprint density at radius 3 is 2.19 bits per heavy atom. The lowest BCUT2D eigenvalue weighted by molar-refractivity contribution is 0.276. The minimum absolute atomic E-state index is 0.0316. The average molecular weight is 370 g/mol. The smallest absolute Gasteiger partial charge is 0.127 e. The number of anilines is 1. The molecule has 1 unspecified atom stereocenters. The molecule has 3 aromatic carbocycles. The molecular formula is C21H20ClNO3. The minimum Gasteiger partial charge on any atom is -0.497 e. The molecule has 0 aromatic heterocycles. The van der Waals surface area contributed by atoms with E-state index in [1.165, 1.54) is 0 Å². The first kappa shape index (κ1) is 18.1. The summed E-state index contributed by atoms with van der Waals surface area (Å²) in [5.74, 6) is 2.20. The molecule has 3 aromatic rings. The fourth-order valence-electron chi connectivity index (χ4n) is 2.55. The molecule has 0 saturated heterocycles. The molecule has 5 heteroatoms. The van der Waals surface area contributed by atoms with E-state index in [4.69, 9.17) is 21.1 Å². The van der Waals surface area contributed by atoms with Crippen LogP contribution in [0.4, 0.5) is 5.69 Å². The highest BCUT2D eigenvalue weighted by molar-refractivity contribution is 6.30. The van der Waals surface area contributed by atoms with E-state index >= 15 is 0 Å². The van der Waals surface area contributed by atoms with Crippen molar-refractivity contribution in [3.8, 4) is 17.2 Å². The monoisotopic (exact) mass is 369 g/mol. The molecule has 0 heterocycles. The predicted octanol–water partition coefficient (Wildman–Crippen LogP) is 5.29. The lowest BCUT2D eigenvalue weighted by Gasteiger charge is -2.19. The highest BCUT2D eigenvalue weighted by Gasteiger charge is 2.11. The highest BCUT2D eigenvalue weighted by atomic mass is 35.5. The standard InChI is InChI=1S/C21H20ClNO3/c1-25-20-4-2-3-15(13-20)21(14-24)23-17-7-11-19(12-8-17)26-18-9-5-16(22)6-10-18/h2-13,21,23-24H,14H2,1H3. The number of aliphatic hydroxyl groups excluding tert-OH is 1. The Balaban J connectivity index is 1.68. The normalized spacial score (nSPS) is 11.7. The summed E-state index contributed by atoms with van der Waals surface area (Å²) in [6, 6.07) is 22.2. The summed E-state index contributed by atoms with van der Waals surface area (Å²) >= 11 is 5.88. The summed E-state index contributed by atoms with van der Waals surface area (Å²) in [6.45, 7) is -0.0316. The molecule has 2 N–H and O–H groups in total. The van der Waals surface area contributed by atoms with Crippen molar-refractivity contribution < 1.29 is 14.6 Å². The van der Waals surface area contributed by atoms with Crippen LogP contribution in [0.2, 0.25) is 5.02 Å². The zero-order valence-electron chi connectivity index (χ0n) is 14.4. The second kappa shape index (κ2) is 8.61. The summed E-state index contributed by atoms with van der Waals surface area (Å²) < 4.78 is 11.0. The van der Waals surface area contributed by atoms with Crippen LogP contribution in [0.5, 0.6) is 17.2 Å². The predicted molar refractivity (Wildman–Crippen MR) is 104 cm³/mol. The maximum Gasteiger partial charge on any atom is 0.127 e. The molecule has 0 amide bonds. The number of methoxy groups -OCH3 is 1. The third-order valence-electron chi connectivity index (χ3n) is 3.92. The first-order valence-electron chi connectivity index (χ1n) is 8.23. The fourth-order valence-corrected chi connectivity index (χ4v) is 2.68. The summed E-state index contributed by atoms with van der Waals surface area (Å²) in [7, 11) is 1.62. The van der Waals surface area contributed by atoms with Gasteiger partial charge in [-0.1, -0.05) is 23.7 Å². The van der Waals surface area contributed by atoms with Gasteiger partial charge in [0.2, 0.25) is 0 Å². The van der Waals surface area contributed by atoms with Crippen LogP contribution in [-0.2, 0) is 0 Å². The van der Waals surface area contributed by atoms with Gasteiger partial charge in [-0.05, 0) is 66.2 Å². The van der Waals surface area contributed by atoms with Crippen molar-refractivity contribution in [3.63, 3.8) is 0 Å². The lowest BCUT2D eigenvalue weighted by Crippen LogP contribution is -2.14. The largest absolute Gasteiger partial charge is 0.497 e. The summed E-state index contributed by atoms with van der Waals surface area (Å²) in [5, 5.41) is 13.7. The van der Waals surface area contributed by atoms with E-state index in [2.05, 4.69) is 5.32 Å². The van der Waals surface area contributed by atoms with E-state index in [1.807, 2.05) is 60.7 Å². The van der Waals surface area contributed by atoms with Gasteiger partial charge < -0.3 is 19.9 Å². The van der Waals surface area contributed by atoms with Crippen LogP contribution in [0.25, 0.3) is 0 Å². The van der Waals surface area contributed by atoms with Crippen molar-refractivity contribution in [1.82, 2.24) is 0 Å². The molecule has 0 radical (unpaired) electrons. The van der Waals surface area contributed by atoms with E-state index in [0.717, 1.165) is 28.5 Å². The van der Waals surface area contributed by atoms with Gasteiger partial charge in [0.15, 0.2) is 0 Å². The van der Waals surface area contributed by atoms with Crippen LogP contribution in [0.15, 0.2) is 72.8 Å². The van der Waals surface area contributed by atoms with Gasteiger partial charge in [0.05, 0.1) is 19.8 Å². The minimum atomic E-state index is -0.229. The first-order valence-corrected chi connectivity index (χ1v) is 8.60. The second-order valence-electron chi connectivity index (χ2n) is 5.74. The van der Waals surface area contributed by atoms with Crippen molar-refractivity contribution in [2.24, 2.45) is 0 Å². The molecule has 0 bridgehead atoms. The molecule has 0 spiro atoms. The van der Waals surface area contributed by atoms with Gasteiger partial charge in [-0.3, -0.25) is 0 Å². The van der Waals surface area contributed by atoms with Gasteiger partial charge in [-0.15, -0.1) is 0 Å². The van der Waals surface area contributed by atoms with Crippen LogP contribution in [0.3, 0.4) is 0 Å².